The molecule has 1 amide bonds. The molecule has 2 aromatic heterocycles. The smallest absolute Gasteiger partial charge is 0.258 e. The molecule has 1 N–H and O–H groups in total. The second-order valence-electron chi connectivity index (χ2n) is 4.52. The lowest BCUT2D eigenvalue weighted by Crippen LogP contribution is -2.11. The highest BCUT2D eigenvalue weighted by molar-refractivity contribution is 6.03. The summed E-state index contributed by atoms with van der Waals surface area (Å²) in [6.45, 7) is 4.17. The maximum Gasteiger partial charge on any atom is 0.258 e. The highest BCUT2D eigenvalue weighted by atomic mass is 16.1. The molecular formula is C13H16N4O. The molecule has 2 heterocycles. The van der Waals surface area contributed by atoms with Crippen LogP contribution in [-0.2, 0) is 7.05 Å². The largest absolute Gasteiger partial charge is 0.320 e. The van der Waals surface area contributed by atoms with E-state index in [2.05, 4.69) is 29.2 Å². The maximum atomic E-state index is 11.9. The number of carbonyl (C=O) groups excluding carboxylic acids is 1. The molecule has 0 atom stereocenters. The van der Waals surface area contributed by atoms with Gasteiger partial charge < -0.3 is 5.32 Å². The molecule has 0 aliphatic rings. The summed E-state index contributed by atoms with van der Waals surface area (Å²) in [6, 6.07) is 1.94. The van der Waals surface area contributed by atoms with Gasteiger partial charge in [-0.05, 0) is 17.5 Å². The number of amides is 1. The lowest BCUT2D eigenvalue weighted by Gasteiger charge is -2.08. The van der Waals surface area contributed by atoms with Gasteiger partial charge in [0.2, 0.25) is 0 Å². The number of aryl methyl sites for hydroxylation is 1. The zero-order valence-corrected chi connectivity index (χ0v) is 10.7. The molecule has 0 radical (unpaired) electrons. The highest BCUT2D eigenvalue weighted by Gasteiger charge is 2.09. The van der Waals surface area contributed by atoms with Gasteiger partial charge in [-0.1, -0.05) is 13.8 Å². The number of carbonyl (C=O) groups is 1. The zero-order valence-electron chi connectivity index (χ0n) is 10.7. The van der Waals surface area contributed by atoms with Crippen molar-refractivity contribution in [3.05, 3.63) is 42.0 Å². The van der Waals surface area contributed by atoms with Gasteiger partial charge in [0.05, 0.1) is 23.6 Å². The van der Waals surface area contributed by atoms with Gasteiger partial charge in [-0.2, -0.15) is 5.10 Å². The Labute approximate surface area is 106 Å². The van der Waals surface area contributed by atoms with Crippen LogP contribution in [0.1, 0.15) is 35.7 Å². The molecule has 0 unspecified atom stereocenters. The summed E-state index contributed by atoms with van der Waals surface area (Å²) in [7, 11) is 1.78. The number of hydrogen-bond donors (Lipinski definition) is 1. The second-order valence-corrected chi connectivity index (χ2v) is 4.52. The summed E-state index contributed by atoms with van der Waals surface area (Å²) in [5.41, 5.74) is 2.33. The zero-order chi connectivity index (χ0) is 13.1. The van der Waals surface area contributed by atoms with Crippen LogP contribution in [0, 0.1) is 0 Å². The van der Waals surface area contributed by atoms with E-state index < -0.39 is 0 Å². The number of anilines is 1. The fourth-order valence-electron chi connectivity index (χ4n) is 1.58. The Hall–Kier alpha value is -2.17. The average molecular weight is 244 g/mol. The van der Waals surface area contributed by atoms with Crippen LogP contribution in [0.3, 0.4) is 0 Å². The maximum absolute atomic E-state index is 11.9. The van der Waals surface area contributed by atoms with Gasteiger partial charge in [0, 0.05) is 19.4 Å². The van der Waals surface area contributed by atoms with E-state index in [-0.39, 0.29) is 5.91 Å². The monoisotopic (exact) mass is 244 g/mol. The van der Waals surface area contributed by atoms with Gasteiger partial charge in [-0.15, -0.1) is 0 Å². The van der Waals surface area contributed by atoms with E-state index in [0.717, 1.165) is 5.56 Å². The van der Waals surface area contributed by atoms with Crippen LogP contribution in [0.5, 0.6) is 0 Å². The third-order valence-electron chi connectivity index (χ3n) is 2.65. The Morgan fingerprint density at radius 2 is 2.11 bits per heavy atom. The number of nitrogens with zero attached hydrogens (tertiary/aromatic N) is 3. The van der Waals surface area contributed by atoms with E-state index in [1.165, 1.54) is 6.20 Å². The van der Waals surface area contributed by atoms with Crippen molar-refractivity contribution >= 4 is 11.6 Å². The van der Waals surface area contributed by atoms with Crippen LogP contribution in [0.25, 0.3) is 0 Å². The molecule has 0 fully saturated rings. The van der Waals surface area contributed by atoms with Gasteiger partial charge in [0.25, 0.3) is 5.91 Å². The average Bonchev–Trinajstić information content (AvgIpc) is 2.76. The second kappa shape index (κ2) is 5.00. The molecule has 0 aliphatic carbocycles. The van der Waals surface area contributed by atoms with Crippen molar-refractivity contribution in [1.82, 2.24) is 14.8 Å². The molecular weight excluding hydrogens is 228 g/mol. The molecule has 0 bridgehead atoms. The Morgan fingerprint density at radius 3 is 2.72 bits per heavy atom. The van der Waals surface area contributed by atoms with Gasteiger partial charge >= 0.3 is 0 Å². The minimum atomic E-state index is -0.175. The molecule has 0 aliphatic heterocycles. The first kappa shape index (κ1) is 12.3. The van der Waals surface area contributed by atoms with Crippen LogP contribution in [0.4, 0.5) is 5.69 Å². The summed E-state index contributed by atoms with van der Waals surface area (Å²) >= 11 is 0. The van der Waals surface area contributed by atoms with Gasteiger partial charge in [0.1, 0.15) is 0 Å². The third kappa shape index (κ3) is 2.74. The van der Waals surface area contributed by atoms with Crippen molar-refractivity contribution in [1.29, 1.82) is 0 Å². The standard InChI is InChI=1S/C13H16N4O/c1-9(2)10-4-12(7-14-5-10)16-13(18)11-6-15-17(3)8-11/h4-9H,1-3H3,(H,16,18). The molecule has 5 heteroatoms. The first-order chi connectivity index (χ1) is 8.56. The van der Waals surface area contributed by atoms with Crippen molar-refractivity contribution in [2.45, 2.75) is 19.8 Å². The fraction of sp³-hybridized carbons (Fsp3) is 0.308. The van der Waals surface area contributed by atoms with Crippen LogP contribution in [0.15, 0.2) is 30.9 Å². The number of aromatic nitrogens is 3. The minimum Gasteiger partial charge on any atom is -0.320 e. The molecule has 18 heavy (non-hydrogen) atoms. The summed E-state index contributed by atoms with van der Waals surface area (Å²) in [5, 5.41) is 6.78. The third-order valence-corrected chi connectivity index (χ3v) is 2.65. The normalized spacial score (nSPS) is 10.7. The summed E-state index contributed by atoms with van der Waals surface area (Å²) in [6.07, 6.45) is 6.66. The Bertz CT molecular complexity index is 560. The summed E-state index contributed by atoms with van der Waals surface area (Å²) < 4.78 is 1.59. The lowest BCUT2D eigenvalue weighted by molar-refractivity contribution is 0.102. The van der Waals surface area contributed by atoms with Gasteiger partial charge in [-0.25, -0.2) is 0 Å². The van der Waals surface area contributed by atoms with E-state index >= 15 is 0 Å². The molecule has 5 nitrogen and oxygen atoms in total. The van der Waals surface area contributed by atoms with E-state index in [9.17, 15) is 4.79 Å². The van der Waals surface area contributed by atoms with Crippen molar-refractivity contribution in [3.8, 4) is 0 Å². The number of pyridine rings is 1. The Balaban J connectivity index is 2.14. The van der Waals surface area contributed by atoms with E-state index in [1.807, 2.05) is 12.3 Å². The van der Waals surface area contributed by atoms with Crippen molar-refractivity contribution < 1.29 is 4.79 Å². The predicted molar refractivity (Wildman–Crippen MR) is 69.5 cm³/mol. The van der Waals surface area contributed by atoms with Crippen molar-refractivity contribution in [2.75, 3.05) is 5.32 Å². The van der Waals surface area contributed by atoms with Crippen molar-refractivity contribution in [2.24, 2.45) is 7.05 Å². The summed E-state index contributed by atoms with van der Waals surface area (Å²) in [4.78, 5) is 16.0. The fourth-order valence-corrected chi connectivity index (χ4v) is 1.58. The van der Waals surface area contributed by atoms with E-state index in [4.69, 9.17) is 0 Å². The number of nitrogens with one attached hydrogen (secondary N) is 1. The Morgan fingerprint density at radius 1 is 1.33 bits per heavy atom. The molecule has 94 valence electrons. The van der Waals surface area contributed by atoms with Crippen molar-refractivity contribution in [3.63, 3.8) is 0 Å². The molecule has 2 aromatic rings. The SMILES string of the molecule is CC(C)c1cncc(NC(=O)c2cnn(C)c2)c1. The number of rotatable bonds is 3. The van der Waals surface area contributed by atoms with E-state index in [0.29, 0.717) is 17.2 Å². The minimum absolute atomic E-state index is 0.175. The number of hydrogen-bond acceptors (Lipinski definition) is 3. The van der Waals surface area contributed by atoms with Crippen LogP contribution < -0.4 is 5.32 Å². The molecule has 0 saturated carbocycles. The lowest BCUT2D eigenvalue weighted by atomic mass is 10.1. The molecule has 0 saturated heterocycles. The molecule has 0 spiro atoms. The highest BCUT2D eigenvalue weighted by Crippen LogP contribution is 2.17. The quantitative estimate of drug-likeness (QED) is 0.900. The first-order valence-electron chi connectivity index (χ1n) is 5.81. The Kier molecular flexibility index (Phi) is 3.41. The van der Waals surface area contributed by atoms with E-state index in [1.54, 1.807) is 24.1 Å². The van der Waals surface area contributed by atoms with Crippen LogP contribution in [-0.4, -0.2) is 20.7 Å². The first-order valence-corrected chi connectivity index (χ1v) is 5.81. The topological polar surface area (TPSA) is 59.8 Å². The molecule has 0 aromatic carbocycles. The van der Waals surface area contributed by atoms with Crippen LogP contribution >= 0.6 is 0 Å². The van der Waals surface area contributed by atoms with Gasteiger partial charge in [0.15, 0.2) is 0 Å². The predicted octanol–water partition coefficient (Wildman–Crippen LogP) is 2.19. The summed E-state index contributed by atoms with van der Waals surface area (Å²) in [5.74, 6) is 0.207. The molecule has 2 rings (SSSR count). The van der Waals surface area contributed by atoms with Crippen LogP contribution in [0.2, 0.25) is 0 Å². The van der Waals surface area contributed by atoms with Gasteiger partial charge in [-0.3, -0.25) is 14.5 Å².